The Kier molecular flexibility index (Phi) is 11.5. The van der Waals surface area contributed by atoms with Gasteiger partial charge in [0.25, 0.3) is 0 Å². The lowest BCUT2D eigenvalue weighted by molar-refractivity contribution is -0.0157. The Bertz CT molecular complexity index is 112. The minimum atomic E-state index is -0.478. The molecule has 0 aromatic carbocycles. The summed E-state index contributed by atoms with van der Waals surface area (Å²) in [7, 11) is 0. The second kappa shape index (κ2) is 11.3. The van der Waals surface area contributed by atoms with Crippen LogP contribution in [0.3, 0.4) is 0 Å². The maximum absolute atomic E-state index is 9.33. The standard InChI is InChI=1S/C10H22O3S/c1-3-12-8-10(11)9-13-6-5-7-14-4-2/h10-11H,3-9H2,1-2H3. The summed E-state index contributed by atoms with van der Waals surface area (Å²) in [5.74, 6) is 2.30. The number of aliphatic hydroxyl groups excluding tert-OH is 1. The average Bonchev–Trinajstić information content (AvgIpc) is 2.20. The number of rotatable bonds is 10. The van der Waals surface area contributed by atoms with Gasteiger partial charge in [0, 0.05) is 13.2 Å². The largest absolute Gasteiger partial charge is 0.388 e. The van der Waals surface area contributed by atoms with Crippen LogP contribution in [0.5, 0.6) is 0 Å². The molecular formula is C10H22O3S. The molecule has 0 amide bonds. The first-order chi connectivity index (χ1) is 6.81. The third-order valence-corrected chi connectivity index (χ3v) is 2.59. The lowest BCUT2D eigenvalue weighted by atomic mass is 10.4. The van der Waals surface area contributed by atoms with Crippen LogP contribution in [0.4, 0.5) is 0 Å². The highest BCUT2D eigenvalue weighted by Crippen LogP contribution is 2.00. The van der Waals surface area contributed by atoms with E-state index in [1.165, 1.54) is 0 Å². The number of hydrogen-bond donors (Lipinski definition) is 1. The smallest absolute Gasteiger partial charge is 0.101 e. The van der Waals surface area contributed by atoms with E-state index in [4.69, 9.17) is 9.47 Å². The van der Waals surface area contributed by atoms with E-state index in [0.717, 1.165) is 24.5 Å². The van der Waals surface area contributed by atoms with Gasteiger partial charge >= 0.3 is 0 Å². The Hall–Kier alpha value is 0.230. The van der Waals surface area contributed by atoms with Gasteiger partial charge < -0.3 is 14.6 Å². The van der Waals surface area contributed by atoms with E-state index in [0.29, 0.717) is 19.8 Å². The third-order valence-electron chi connectivity index (χ3n) is 1.61. The quantitative estimate of drug-likeness (QED) is 0.569. The Morgan fingerprint density at radius 2 is 1.93 bits per heavy atom. The second-order valence-electron chi connectivity index (χ2n) is 2.94. The van der Waals surface area contributed by atoms with Gasteiger partial charge in [-0.25, -0.2) is 0 Å². The zero-order valence-electron chi connectivity index (χ0n) is 9.20. The SMILES string of the molecule is CCOCC(O)COCCCSCC. The fourth-order valence-electron chi connectivity index (χ4n) is 0.929. The molecule has 0 heterocycles. The van der Waals surface area contributed by atoms with E-state index in [1.807, 2.05) is 18.7 Å². The van der Waals surface area contributed by atoms with Crippen molar-refractivity contribution >= 4 is 11.8 Å². The summed E-state index contributed by atoms with van der Waals surface area (Å²) in [6.45, 7) is 6.20. The fraction of sp³-hybridized carbons (Fsp3) is 1.00. The average molecular weight is 222 g/mol. The molecule has 1 N–H and O–H groups in total. The first-order valence-electron chi connectivity index (χ1n) is 5.22. The van der Waals surface area contributed by atoms with Crippen molar-refractivity contribution in [3.63, 3.8) is 0 Å². The molecule has 1 atom stereocenters. The van der Waals surface area contributed by atoms with Gasteiger partial charge in [0.15, 0.2) is 0 Å². The maximum atomic E-state index is 9.33. The maximum Gasteiger partial charge on any atom is 0.101 e. The molecule has 3 nitrogen and oxygen atoms in total. The van der Waals surface area contributed by atoms with Gasteiger partial charge in [-0.2, -0.15) is 11.8 Å². The second-order valence-corrected chi connectivity index (χ2v) is 4.33. The van der Waals surface area contributed by atoms with Crippen LogP contribution >= 0.6 is 11.8 Å². The molecule has 86 valence electrons. The van der Waals surface area contributed by atoms with Gasteiger partial charge in [0.05, 0.1) is 13.2 Å². The fourth-order valence-corrected chi connectivity index (χ4v) is 1.54. The first-order valence-corrected chi connectivity index (χ1v) is 6.38. The number of ether oxygens (including phenoxy) is 2. The van der Waals surface area contributed by atoms with E-state index < -0.39 is 6.10 Å². The van der Waals surface area contributed by atoms with Gasteiger partial charge in [0.1, 0.15) is 6.10 Å². The van der Waals surface area contributed by atoms with E-state index in [1.54, 1.807) is 0 Å². The lowest BCUT2D eigenvalue weighted by Gasteiger charge is -2.10. The molecule has 0 radical (unpaired) electrons. The molecule has 0 aliphatic heterocycles. The topological polar surface area (TPSA) is 38.7 Å². The molecule has 0 aliphatic carbocycles. The van der Waals surface area contributed by atoms with Crippen molar-refractivity contribution in [3.05, 3.63) is 0 Å². The van der Waals surface area contributed by atoms with Crippen molar-refractivity contribution in [1.82, 2.24) is 0 Å². The van der Waals surface area contributed by atoms with Gasteiger partial charge in [-0.15, -0.1) is 0 Å². The molecule has 0 aromatic rings. The number of aliphatic hydroxyl groups is 1. The van der Waals surface area contributed by atoms with Crippen LogP contribution in [-0.4, -0.2) is 49.1 Å². The summed E-state index contributed by atoms with van der Waals surface area (Å²) < 4.78 is 10.4. The monoisotopic (exact) mass is 222 g/mol. The molecule has 0 aromatic heterocycles. The van der Waals surface area contributed by atoms with Gasteiger partial charge in [-0.3, -0.25) is 0 Å². The number of thioether (sulfide) groups is 1. The van der Waals surface area contributed by atoms with Crippen LogP contribution in [0.1, 0.15) is 20.3 Å². The van der Waals surface area contributed by atoms with Crippen molar-refractivity contribution < 1.29 is 14.6 Å². The highest BCUT2D eigenvalue weighted by molar-refractivity contribution is 7.99. The first kappa shape index (κ1) is 14.2. The molecule has 0 saturated heterocycles. The Labute approximate surface area is 91.2 Å². The molecule has 1 unspecified atom stereocenters. The van der Waals surface area contributed by atoms with Crippen molar-refractivity contribution in [3.8, 4) is 0 Å². The van der Waals surface area contributed by atoms with Crippen molar-refractivity contribution in [2.45, 2.75) is 26.4 Å². The van der Waals surface area contributed by atoms with Crippen LogP contribution in [0.25, 0.3) is 0 Å². The normalized spacial score (nSPS) is 13.1. The molecular weight excluding hydrogens is 200 g/mol. The molecule has 14 heavy (non-hydrogen) atoms. The van der Waals surface area contributed by atoms with Gasteiger partial charge in [-0.1, -0.05) is 6.92 Å². The van der Waals surface area contributed by atoms with Crippen LogP contribution < -0.4 is 0 Å². The summed E-state index contributed by atoms with van der Waals surface area (Å²) in [5, 5.41) is 9.33. The van der Waals surface area contributed by atoms with E-state index >= 15 is 0 Å². The highest BCUT2D eigenvalue weighted by atomic mass is 32.2. The van der Waals surface area contributed by atoms with Crippen molar-refractivity contribution in [2.75, 3.05) is 37.9 Å². The predicted molar refractivity (Wildman–Crippen MR) is 60.9 cm³/mol. The van der Waals surface area contributed by atoms with Gasteiger partial charge in [-0.05, 0) is 24.9 Å². The van der Waals surface area contributed by atoms with Crippen molar-refractivity contribution in [1.29, 1.82) is 0 Å². The third kappa shape index (κ3) is 10.3. The highest BCUT2D eigenvalue weighted by Gasteiger charge is 2.02. The molecule has 4 heteroatoms. The molecule has 0 aliphatic rings. The zero-order valence-corrected chi connectivity index (χ0v) is 10.0. The molecule has 0 bridgehead atoms. The summed E-state index contributed by atoms with van der Waals surface area (Å²) in [6.07, 6.45) is 0.577. The molecule has 0 saturated carbocycles. The minimum Gasteiger partial charge on any atom is -0.388 e. The molecule has 0 fully saturated rings. The summed E-state index contributed by atoms with van der Waals surface area (Å²) >= 11 is 1.91. The predicted octanol–water partition coefficient (Wildman–Crippen LogP) is 1.54. The molecule has 0 spiro atoms. The Morgan fingerprint density at radius 3 is 2.57 bits per heavy atom. The van der Waals surface area contributed by atoms with E-state index in [-0.39, 0.29) is 0 Å². The summed E-state index contributed by atoms with van der Waals surface area (Å²) in [6, 6.07) is 0. The van der Waals surface area contributed by atoms with Crippen LogP contribution in [0, 0.1) is 0 Å². The van der Waals surface area contributed by atoms with Gasteiger partial charge in [0.2, 0.25) is 0 Å². The lowest BCUT2D eigenvalue weighted by Crippen LogP contribution is -2.22. The van der Waals surface area contributed by atoms with Crippen LogP contribution in [-0.2, 0) is 9.47 Å². The van der Waals surface area contributed by atoms with Crippen LogP contribution in [0.15, 0.2) is 0 Å². The van der Waals surface area contributed by atoms with E-state index in [9.17, 15) is 5.11 Å². The Morgan fingerprint density at radius 1 is 1.21 bits per heavy atom. The summed E-state index contributed by atoms with van der Waals surface area (Å²) in [5.41, 5.74) is 0. The Balaban J connectivity index is 3.02. The molecule has 0 rings (SSSR count). The zero-order chi connectivity index (χ0) is 10.6. The minimum absolute atomic E-state index is 0.375. The van der Waals surface area contributed by atoms with E-state index in [2.05, 4.69) is 6.92 Å². The summed E-state index contributed by atoms with van der Waals surface area (Å²) in [4.78, 5) is 0. The number of hydrogen-bond acceptors (Lipinski definition) is 4. The van der Waals surface area contributed by atoms with Crippen molar-refractivity contribution in [2.24, 2.45) is 0 Å². The van der Waals surface area contributed by atoms with Crippen LogP contribution in [0.2, 0.25) is 0 Å².